The highest BCUT2D eigenvalue weighted by molar-refractivity contribution is 5.91. The van der Waals surface area contributed by atoms with Gasteiger partial charge in [-0.3, -0.25) is 0 Å². The van der Waals surface area contributed by atoms with E-state index < -0.39 is 0 Å². The Kier molecular flexibility index (Phi) is 6.61. The van der Waals surface area contributed by atoms with Crippen molar-refractivity contribution in [2.45, 2.75) is 53.4 Å². The van der Waals surface area contributed by atoms with Crippen molar-refractivity contribution in [3.63, 3.8) is 0 Å². The normalized spacial score (nSPS) is 12.2. The van der Waals surface area contributed by atoms with E-state index >= 15 is 0 Å². The highest BCUT2D eigenvalue weighted by atomic mass is 16.5. The van der Waals surface area contributed by atoms with Crippen molar-refractivity contribution in [2.75, 3.05) is 6.61 Å². The summed E-state index contributed by atoms with van der Waals surface area (Å²) in [4.78, 5) is 12.1. The molecule has 2 heteroatoms. The third kappa shape index (κ3) is 4.70. The number of carbonyl (C=O) groups excluding carboxylic acids is 1. The summed E-state index contributed by atoms with van der Waals surface area (Å²) in [6.07, 6.45) is 4.62. The molecule has 0 aliphatic heterocycles. The van der Waals surface area contributed by atoms with Crippen LogP contribution in [-0.2, 0) is 4.74 Å². The van der Waals surface area contributed by atoms with Crippen molar-refractivity contribution in [3.05, 3.63) is 34.9 Å². The molecule has 106 valence electrons. The first kappa shape index (κ1) is 15.7. The Morgan fingerprint density at radius 1 is 1.26 bits per heavy atom. The van der Waals surface area contributed by atoms with Gasteiger partial charge in [-0.25, -0.2) is 4.79 Å². The first-order valence-corrected chi connectivity index (χ1v) is 7.33. The lowest BCUT2D eigenvalue weighted by molar-refractivity contribution is 0.0427. The van der Waals surface area contributed by atoms with E-state index in [0.29, 0.717) is 18.1 Å². The number of benzene rings is 1. The topological polar surface area (TPSA) is 26.3 Å². The maximum absolute atomic E-state index is 12.1. The SMILES string of the molecule is CCCCC(CC)COC(=O)c1cccc(C)c1C. The van der Waals surface area contributed by atoms with Gasteiger partial charge in [-0.15, -0.1) is 0 Å². The summed E-state index contributed by atoms with van der Waals surface area (Å²) in [6.45, 7) is 8.88. The summed E-state index contributed by atoms with van der Waals surface area (Å²) in [7, 11) is 0. The monoisotopic (exact) mass is 262 g/mol. The van der Waals surface area contributed by atoms with E-state index in [1.807, 2.05) is 32.0 Å². The van der Waals surface area contributed by atoms with Gasteiger partial charge in [-0.2, -0.15) is 0 Å². The molecule has 1 rings (SSSR count). The fourth-order valence-corrected chi connectivity index (χ4v) is 2.14. The lowest BCUT2D eigenvalue weighted by Crippen LogP contribution is -2.15. The maximum atomic E-state index is 12.1. The van der Waals surface area contributed by atoms with Crippen molar-refractivity contribution in [1.29, 1.82) is 0 Å². The summed E-state index contributed by atoms with van der Waals surface area (Å²) >= 11 is 0. The zero-order chi connectivity index (χ0) is 14.3. The number of carbonyl (C=O) groups is 1. The van der Waals surface area contributed by atoms with Crippen LogP contribution in [0.2, 0.25) is 0 Å². The van der Waals surface area contributed by atoms with E-state index in [4.69, 9.17) is 4.74 Å². The Morgan fingerprint density at radius 3 is 2.63 bits per heavy atom. The fraction of sp³-hybridized carbons (Fsp3) is 0.588. The highest BCUT2D eigenvalue weighted by Gasteiger charge is 2.14. The van der Waals surface area contributed by atoms with E-state index in [1.165, 1.54) is 12.8 Å². The highest BCUT2D eigenvalue weighted by Crippen LogP contribution is 2.17. The van der Waals surface area contributed by atoms with Crippen LogP contribution in [0.25, 0.3) is 0 Å². The summed E-state index contributed by atoms with van der Waals surface area (Å²) in [6, 6.07) is 5.77. The van der Waals surface area contributed by atoms with Crippen molar-refractivity contribution in [3.8, 4) is 0 Å². The van der Waals surface area contributed by atoms with E-state index in [-0.39, 0.29) is 5.97 Å². The molecule has 0 radical (unpaired) electrons. The quantitative estimate of drug-likeness (QED) is 0.667. The maximum Gasteiger partial charge on any atom is 0.338 e. The van der Waals surface area contributed by atoms with Crippen LogP contribution in [0.15, 0.2) is 18.2 Å². The van der Waals surface area contributed by atoms with Gasteiger partial charge >= 0.3 is 5.97 Å². The van der Waals surface area contributed by atoms with E-state index in [1.54, 1.807) is 0 Å². The van der Waals surface area contributed by atoms with Crippen LogP contribution >= 0.6 is 0 Å². The van der Waals surface area contributed by atoms with E-state index in [0.717, 1.165) is 24.0 Å². The third-order valence-corrected chi connectivity index (χ3v) is 3.82. The molecule has 0 bridgehead atoms. The fourth-order valence-electron chi connectivity index (χ4n) is 2.14. The largest absolute Gasteiger partial charge is 0.462 e. The molecule has 0 aromatic heterocycles. The number of hydrogen-bond acceptors (Lipinski definition) is 2. The minimum Gasteiger partial charge on any atom is -0.462 e. The molecule has 0 spiro atoms. The van der Waals surface area contributed by atoms with Crippen molar-refractivity contribution in [1.82, 2.24) is 0 Å². The molecule has 1 aromatic rings. The molecule has 0 N–H and O–H groups in total. The van der Waals surface area contributed by atoms with Gasteiger partial charge in [-0.1, -0.05) is 45.2 Å². The van der Waals surface area contributed by atoms with Crippen LogP contribution in [0.4, 0.5) is 0 Å². The predicted molar refractivity (Wildman–Crippen MR) is 79.5 cm³/mol. The Labute approximate surface area is 117 Å². The molecule has 1 unspecified atom stereocenters. The van der Waals surface area contributed by atoms with Crippen LogP contribution in [0.5, 0.6) is 0 Å². The second-order valence-corrected chi connectivity index (χ2v) is 5.26. The molecule has 1 atom stereocenters. The number of aryl methyl sites for hydroxylation is 1. The standard InChI is InChI=1S/C17H26O2/c1-5-7-10-15(6-2)12-19-17(18)16-11-8-9-13(3)14(16)4/h8-9,11,15H,5-7,10,12H2,1-4H3. The van der Waals surface area contributed by atoms with E-state index in [9.17, 15) is 4.79 Å². The number of rotatable bonds is 7. The van der Waals surface area contributed by atoms with Crippen LogP contribution in [-0.4, -0.2) is 12.6 Å². The Hall–Kier alpha value is -1.31. The third-order valence-electron chi connectivity index (χ3n) is 3.82. The van der Waals surface area contributed by atoms with Gasteiger partial charge in [-0.05, 0) is 43.4 Å². The number of hydrogen-bond donors (Lipinski definition) is 0. The van der Waals surface area contributed by atoms with Crippen LogP contribution in [0, 0.1) is 19.8 Å². The molecule has 0 aliphatic carbocycles. The average molecular weight is 262 g/mol. The van der Waals surface area contributed by atoms with Crippen molar-refractivity contribution >= 4 is 5.97 Å². The zero-order valence-corrected chi connectivity index (χ0v) is 12.7. The van der Waals surface area contributed by atoms with Crippen molar-refractivity contribution < 1.29 is 9.53 Å². The molecule has 19 heavy (non-hydrogen) atoms. The smallest absolute Gasteiger partial charge is 0.338 e. The van der Waals surface area contributed by atoms with Gasteiger partial charge in [0, 0.05) is 0 Å². The van der Waals surface area contributed by atoms with Crippen LogP contribution < -0.4 is 0 Å². The van der Waals surface area contributed by atoms with Crippen molar-refractivity contribution in [2.24, 2.45) is 5.92 Å². The average Bonchev–Trinajstić information content (AvgIpc) is 2.42. The molecule has 0 aliphatic rings. The second kappa shape index (κ2) is 7.98. The van der Waals surface area contributed by atoms with Gasteiger partial charge in [0.15, 0.2) is 0 Å². The zero-order valence-electron chi connectivity index (χ0n) is 12.7. The lowest BCUT2D eigenvalue weighted by Gasteiger charge is -2.15. The van der Waals surface area contributed by atoms with Gasteiger partial charge < -0.3 is 4.74 Å². The minimum absolute atomic E-state index is 0.184. The summed E-state index contributed by atoms with van der Waals surface area (Å²) in [5.74, 6) is 0.310. The molecule has 0 amide bonds. The first-order chi connectivity index (χ1) is 9.10. The molecular formula is C17H26O2. The number of unbranched alkanes of at least 4 members (excludes halogenated alkanes) is 1. The summed E-state index contributed by atoms with van der Waals surface area (Å²) in [5.41, 5.74) is 2.85. The Bertz CT molecular complexity index is 410. The number of esters is 1. The van der Waals surface area contributed by atoms with Gasteiger partial charge in [0.1, 0.15) is 0 Å². The second-order valence-electron chi connectivity index (χ2n) is 5.26. The molecular weight excluding hydrogens is 236 g/mol. The van der Waals surface area contributed by atoms with Gasteiger partial charge in [0.25, 0.3) is 0 Å². The number of ether oxygens (including phenoxy) is 1. The Balaban J connectivity index is 2.57. The molecule has 2 nitrogen and oxygen atoms in total. The Morgan fingerprint density at radius 2 is 2.00 bits per heavy atom. The molecule has 0 saturated carbocycles. The van der Waals surface area contributed by atoms with Crippen LogP contribution in [0.1, 0.15) is 61.0 Å². The summed E-state index contributed by atoms with van der Waals surface area (Å²) in [5, 5.41) is 0. The van der Waals surface area contributed by atoms with Gasteiger partial charge in [0.05, 0.1) is 12.2 Å². The minimum atomic E-state index is -0.184. The summed E-state index contributed by atoms with van der Waals surface area (Å²) < 4.78 is 5.48. The molecule has 0 heterocycles. The molecule has 0 saturated heterocycles. The first-order valence-electron chi connectivity index (χ1n) is 7.33. The predicted octanol–water partition coefficient (Wildman–Crippen LogP) is 4.68. The molecule has 0 fully saturated rings. The lowest BCUT2D eigenvalue weighted by atomic mass is 10.0. The van der Waals surface area contributed by atoms with E-state index in [2.05, 4.69) is 13.8 Å². The molecule has 1 aromatic carbocycles. The van der Waals surface area contributed by atoms with Gasteiger partial charge in [0.2, 0.25) is 0 Å². The van der Waals surface area contributed by atoms with Crippen LogP contribution in [0.3, 0.4) is 0 Å².